The number of hydrogen-bond donors (Lipinski definition) is 3. The number of H-pyrrole nitrogens is 1. The van der Waals surface area contributed by atoms with Gasteiger partial charge in [0.1, 0.15) is 23.1 Å². The van der Waals surface area contributed by atoms with Crippen LogP contribution in [0.4, 0.5) is 5.82 Å². The van der Waals surface area contributed by atoms with Crippen LogP contribution in [0.2, 0.25) is 0 Å². The number of fused-ring (bicyclic) bond motifs is 1. The Balaban J connectivity index is 1.96. The minimum absolute atomic E-state index is 0.116. The van der Waals surface area contributed by atoms with Gasteiger partial charge in [-0.3, -0.25) is 4.79 Å². The van der Waals surface area contributed by atoms with E-state index in [2.05, 4.69) is 15.1 Å². The number of hydrogen-bond acceptors (Lipinski definition) is 6. The number of anilines is 1. The monoisotopic (exact) mass is 377 g/mol. The van der Waals surface area contributed by atoms with E-state index in [-0.39, 0.29) is 18.7 Å². The molecule has 4 aromatic rings. The zero-order valence-electron chi connectivity index (χ0n) is 15.2. The third kappa shape index (κ3) is 2.99. The molecular formula is C20H19N5O3. The number of aliphatic hydroxyl groups is 1. The highest BCUT2D eigenvalue weighted by atomic mass is 16.5. The van der Waals surface area contributed by atoms with Crippen LogP contribution >= 0.6 is 0 Å². The maximum absolute atomic E-state index is 12.5. The molecule has 4 N–H and O–H groups in total. The first kappa shape index (κ1) is 17.7. The molecule has 142 valence electrons. The molecule has 2 aromatic heterocycles. The minimum atomic E-state index is -0.254. The number of nitrogens with zero attached hydrogens (tertiary/aromatic N) is 3. The quantitative estimate of drug-likeness (QED) is 0.490. The maximum Gasteiger partial charge on any atom is 0.259 e. The van der Waals surface area contributed by atoms with Gasteiger partial charge < -0.3 is 20.6 Å². The number of aliphatic hydroxyl groups excluding tert-OH is 1. The van der Waals surface area contributed by atoms with E-state index < -0.39 is 0 Å². The Labute approximate surface area is 160 Å². The molecule has 0 radical (unpaired) electrons. The van der Waals surface area contributed by atoms with E-state index in [4.69, 9.17) is 10.5 Å². The molecule has 0 unspecified atom stereocenters. The highest BCUT2D eigenvalue weighted by Gasteiger charge is 2.21. The molecule has 0 saturated carbocycles. The van der Waals surface area contributed by atoms with Gasteiger partial charge in [-0.15, -0.1) is 0 Å². The second-order valence-electron chi connectivity index (χ2n) is 6.22. The number of nitrogens with two attached hydrogens (primary N) is 1. The molecule has 0 bridgehead atoms. The van der Waals surface area contributed by atoms with Crippen molar-refractivity contribution in [3.63, 3.8) is 0 Å². The smallest absolute Gasteiger partial charge is 0.259 e. The fraction of sp³-hybridized carbons (Fsp3) is 0.150. The summed E-state index contributed by atoms with van der Waals surface area (Å²) in [6.45, 7) is 0.113. The highest BCUT2D eigenvalue weighted by Crippen LogP contribution is 2.35. The van der Waals surface area contributed by atoms with Crippen molar-refractivity contribution in [1.29, 1.82) is 0 Å². The Morgan fingerprint density at radius 2 is 1.93 bits per heavy atom. The van der Waals surface area contributed by atoms with Crippen molar-refractivity contribution in [1.82, 2.24) is 19.7 Å². The normalized spacial score (nSPS) is 11.1. The summed E-state index contributed by atoms with van der Waals surface area (Å²) in [7, 11) is 1.60. The van der Waals surface area contributed by atoms with Crippen LogP contribution in [0.15, 0.2) is 53.3 Å². The highest BCUT2D eigenvalue weighted by molar-refractivity contribution is 5.88. The number of nitrogen functional groups attached to an aromatic ring is 1. The summed E-state index contributed by atoms with van der Waals surface area (Å²) in [5.74, 6) is 1.36. The summed E-state index contributed by atoms with van der Waals surface area (Å²) in [5, 5.41) is 14.4. The van der Waals surface area contributed by atoms with Crippen molar-refractivity contribution < 1.29 is 9.84 Å². The van der Waals surface area contributed by atoms with E-state index in [1.807, 2.05) is 30.3 Å². The first-order valence-electron chi connectivity index (χ1n) is 8.73. The molecule has 2 aromatic carbocycles. The average Bonchev–Trinajstić information content (AvgIpc) is 3.04. The minimum Gasteiger partial charge on any atom is -0.497 e. The summed E-state index contributed by atoms with van der Waals surface area (Å²) >= 11 is 0. The maximum atomic E-state index is 12.5. The summed E-state index contributed by atoms with van der Waals surface area (Å²) < 4.78 is 6.71. The van der Waals surface area contributed by atoms with E-state index >= 15 is 0 Å². The van der Waals surface area contributed by atoms with Crippen LogP contribution in [0.1, 0.15) is 0 Å². The number of methoxy groups -OCH3 is 1. The molecule has 4 rings (SSSR count). The predicted molar refractivity (Wildman–Crippen MR) is 107 cm³/mol. The van der Waals surface area contributed by atoms with Gasteiger partial charge in [0.05, 0.1) is 36.7 Å². The molecule has 0 amide bonds. The number of benzene rings is 2. The van der Waals surface area contributed by atoms with Crippen LogP contribution in [0.3, 0.4) is 0 Å². The van der Waals surface area contributed by atoms with Gasteiger partial charge >= 0.3 is 0 Å². The number of rotatable bonds is 5. The molecular weight excluding hydrogens is 358 g/mol. The molecule has 0 aliphatic rings. The first-order chi connectivity index (χ1) is 13.6. The molecule has 0 fully saturated rings. The summed E-state index contributed by atoms with van der Waals surface area (Å²) in [5.41, 5.74) is 8.49. The van der Waals surface area contributed by atoms with Crippen LogP contribution in [0.5, 0.6) is 5.75 Å². The largest absolute Gasteiger partial charge is 0.497 e. The zero-order valence-corrected chi connectivity index (χ0v) is 15.2. The van der Waals surface area contributed by atoms with E-state index in [0.717, 1.165) is 5.56 Å². The van der Waals surface area contributed by atoms with Gasteiger partial charge in [-0.2, -0.15) is 5.10 Å². The van der Waals surface area contributed by atoms with Crippen LogP contribution in [-0.4, -0.2) is 38.6 Å². The van der Waals surface area contributed by atoms with Crippen molar-refractivity contribution in [2.45, 2.75) is 6.54 Å². The number of nitrogens with one attached hydrogen (secondary N) is 1. The number of aromatic nitrogens is 4. The number of para-hydroxylation sites is 1. The molecule has 8 heteroatoms. The summed E-state index contributed by atoms with van der Waals surface area (Å²) in [4.78, 5) is 19.9. The molecule has 0 spiro atoms. The predicted octanol–water partition coefficient (Wildman–Crippen LogP) is 2.04. The zero-order chi connectivity index (χ0) is 19.7. The SMILES string of the molecule is COc1ccc(-c2nn(CCO)c(N)c2-c2nc3ccccc3c(=O)[nH]2)cc1. The number of ether oxygens (including phenoxy) is 1. The molecule has 28 heavy (non-hydrogen) atoms. The second kappa shape index (κ2) is 7.16. The van der Waals surface area contributed by atoms with Crippen molar-refractivity contribution >= 4 is 16.7 Å². The van der Waals surface area contributed by atoms with Crippen molar-refractivity contribution in [2.24, 2.45) is 0 Å². The molecule has 8 nitrogen and oxygen atoms in total. The van der Waals surface area contributed by atoms with Crippen LogP contribution < -0.4 is 16.0 Å². The Morgan fingerprint density at radius 1 is 1.18 bits per heavy atom. The van der Waals surface area contributed by atoms with Gasteiger partial charge in [-0.25, -0.2) is 9.67 Å². The summed E-state index contributed by atoms with van der Waals surface area (Å²) in [6.07, 6.45) is 0. The third-order valence-electron chi connectivity index (χ3n) is 4.52. The lowest BCUT2D eigenvalue weighted by molar-refractivity contribution is 0.270. The molecule has 0 atom stereocenters. The second-order valence-corrected chi connectivity index (χ2v) is 6.22. The average molecular weight is 377 g/mol. The van der Waals surface area contributed by atoms with E-state index in [1.165, 1.54) is 4.68 Å². The van der Waals surface area contributed by atoms with Gasteiger partial charge in [-0.05, 0) is 36.4 Å². The van der Waals surface area contributed by atoms with Crippen LogP contribution in [0, 0.1) is 0 Å². The fourth-order valence-electron chi connectivity index (χ4n) is 3.13. The van der Waals surface area contributed by atoms with E-state index in [9.17, 15) is 9.90 Å². The molecule has 2 heterocycles. The molecule has 0 aliphatic heterocycles. The molecule has 0 aliphatic carbocycles. The third-order valence-corrected chi connectivity index (χ3v) is 4.52. The van der Waals surface area contributed by atoms with Crippen molar-refractivity contribution in [3.8, 4) is 28.4 Å². The van der Waals surface area contributed by atoms with Gasteiger partial charge in [0.2, 0.25) is 0 Å². The van der Waals surface area contributed by atoms with Gasteiger partial charge in [0.15, 0.2) is 0 Å². The van der Waals surface area contributed by atoms with Crippen LogP contribution in [0.25, 0.3) is 33.5 Å². The number of aromatic amines is 1. The summed E-state index contributed by atoms with van der Waals surface area (Å²) in [6, 6.07) is 14.4. The Bertz CT molecular complexity index is 1190. The van der Waals surface area contributed by atoms with Gasteiger partial charge in [-0.1, -0.05) is 12.1 Å². The first-order valence-corrected chi connectivity index (χ1v) is 8.73. The Hall–Kier alpha value is -3.65. The van der Waals surface area contributed by atoms with Crippen molar-refractivity contribution in [2.75, 3.05) is 19.5 Å². The Morgan fingerprint density at radius 3 is 2.64 bits per heavy atom. The van der Waals surface area contributed by atoms with Gasteiger partial charge in [0.25, 0.3) is 5.56 Å². The Kier molecular flexibility index (Phi) is 4.54. The van der Waals surface area contributed by atoms with E-state index in [1.54, 1.807) is 25.3 Å². The topological polar surface area (TPSA) is 119 Å². The lowest BCUT2D eigenvalue weighted by Gasteiger charge is -2.06. The molecule has 0 saturated heterocycles. The standard InChI is InChI=1S/C20H19N5O3/c1-28-13-8-6-12(7-9-13)17-16(18(21)25(24-17)10-11-26)19-22-15-5-3-2-4-14(15)20(27)23-19/h2-9,26H,10-11,21H2,1H3,(H,22,23,27). The van der Waals surface area contributed by atoms with Crippen molar-refractivity contribution in [3.05, 3.63) is 58.9 Å². The van der Waals surface area contributed by atoms with Gasteiger partial charge in [0, 0.05) is 5.56 Å². The fourth-order valence-corrected chi connectivity index (χ4v) is 3.13. The van der Waals surface area contributed by atoms with E-state index in [0.29, 0.717) is 39.6 Å². The lowest BCUT2D eigenvalue weighted by atomic mass is 10.1. The lowest BCUT2D eigenvalue weighted by Crippen LogP contribution is -2.11. The van der Waals surface area contributed by atoms with Crippen LogP contribution in [-0.2, 0) is 6.54 Å².